The van der Waals surface area contributed by atoms with Gasteiger partial charge in [0.15, 0.2) is 0 Å². The number of aliphatic hydroxyl groups excluding tert-OH is 1. The average Bonchev–Trinajstić information content (AvgIpc) is 3.11. The first-order valence-corrected chi connectivity index (χ1v) is 8.39. The minimum atomic E-state index is -1.08. The summed E-state index contributed by atoms with van der Waals surface area (Å²) in [6, 6.07) is 6.06. The second kappa shape index (κ2) is 5.54. The van der Waals surface area contributed by atoms with Crippen molar-refractivity contribution in [3.8, 4) is 0 Å². The molecule has 6 heteroatoms. The van der Waals surface area contributed by atoms with E-state index in [1.165, 1.54) is 27.9 Å². The van der Waals surface area contributed by atoms with Crippen molar-refractivity contribution in [2.75, 3.05) is 0 Å². The molecule has 1 aliphatic carbocycles. The van der Waals surface area contributed by atoms with Gasteiger partial charge in [0.25, 0.3) is 5.56 Å². The second-order valence-corrected chi connectivity index (χ2v) is 6.86. The molecule has 4 rings (SSSR count). The van der Waals surface area contributed by atoms with E-state index in [4.69, 9.17) is 0 Å². The van der Waals surface area contributed by atoms with Gasteiger partial charge in [-0.15, -0.1) is 11.3 Å². The lowest BCUT2D eigenvalue weighted by Gasteiger charge is -2.13. The molecule has 1 aliphatic rings. The molecule has 1 atom stereocenters. The van der Waals surface area contributed by atoms with Gasteiger partial charge in [-0.05, 0) is 30.9 Å². The number of fused-ring (bicyclic) bond motifs is 3. The fourth-order valence-electron chi connectivity index (χ4n) is 3.18. The number of aromatic nitrogens is 2. The number of rotatable bonds is 3. The third kappa shape index (κ3) is 2.38. The van der Waals surface area contributed by atoms with Crippen molar-refractivity contribution in [1.29, 1.82) is 0 Å². The molecule has 0 bridgehead atoms. The maximum atomic E-state index is 13.8. The fourth-order valence-corrected chi connectivity index (χ4v) is 4.40. The highest BCUT2D eigenvalue weighted by atomic mass is 32.1. The Labute approximate surface area is 135 Å². The number of benzene rings is 1. The largest absolute Gasteiger partial charge is 0.386 e. The predicted octanol–water partition coefficient (Wildman–Crippen LogP) is 2.82. The SMILES string of the molecule is O=c1c2c3c(sc2ncn1CC(O)c1ccccc1F)CCC3. The summed E-state index contributed by atoms with van der Waals surface area (Å²) in [5, 5.41) is 10.9. The van der Waals surface area contributed by atoms with Gasteiger partial charge in [-0.3, -0.25) is 9.36 Å². The van der Waals surface area contributed by atoms with E-state index in [9.17, 15) is 14.3 Å². The lowest BCUT2D eigenvalue weighted by Crippen LogP contribution is -2.24. The summed E-state index contributed by atoms with van der Waals surface area (Å²) in [6.45, 7) is -0.00662. The van der Waals surface area contributed by atoms with Gasteiger partial charge in [0.05, 0.1) is 24.4 Å². The van der Waals surface area contributed by atoms with Gasteiger partial charge >= 0.3 is 0 Å². The zero-order valence-corrected chi connectivity index (χ0v) is 13.1. The van der Waals surface area contributed by atoms with Crippen LogP contribution in [0.15, 0.2) is 35.4 Å². The predicted molar refractivity (Wildman–Crippen MR) is 87.3 cm³/mol. The lowest BCUT2D eigenvalue weighted by atomic mass is 10.1. The summed E-state index contributed by atoms with van der Waals surface area (Å²) < 4.78 is 15.1. The fraction of sp³-hybridized carbons (Fsp3) is 0.294. The molecule has 1 unspecified atom stereocenters. The first-order valence-electron chi connectivity index (χ1n) is 7.57. The quantitative estimate of drug-likeness (QED) is 0.803. The van der Waals surface area contributed by atoms with E-state index < -0.39 is 11.9 Å². The van der Waals surface area contributed by atoms with Crippen LogP contribution in [0.2, 0.25) is 0 Å². The Bertz CT molecular complexity index is 947. The molecule has 2 aromatic heterocycles. The molecule has 0 fully saturated rings. The van der Waals surface area contributed by atoms with E-state index in [2.05, 4.69) is 4.98 Å². The molecule has 0 radical (unpaired) electrons. The van der Waals surface area contributed by atoms with Crippen LogP contribution in [0.1, 0.15) is 28.5 Å². The molecular formula is C17H15FN2O2S. The summed E-state index contributed by atoms with van der Waals surface area (Å²) in [4.78, 5) is 19.1. The number of hydrogen-bond donors (Lipinski definition) is 1. The van der Waals surface area contributed by atoms with Crippen molar-refractivity contribution in [3.05, 3.63) is 62.8 Å². The van der Waals surface area contributed by atoms with E-state index in [1.54, 1.807) is 23.5 Å². The van der Waals surface area contributed by atoms with Crippen molar-refractivity contribution in [2.24, 2.45) is 0 Å². The summed E-state index contributed by atoms with van der Waals surface area (Å²) in [5.74, 6) is -0.474. The van der Waals surface area contributed by atoms with Crippen LogP contribution < -0.4 is 5.56 Å². The second-order valence-electron chi connectivity index (χ2n) is 5.78. The topological polar surface area (TPSA) is 55.1 Å². The number of hydrogen-bond acceptors (Lipinski definition) is 4. The van der Waals surface area contributed by atoms with Crippen LogP contribution in [-0.2, 0) is 19.4 Å². The third-order valence-electron chi connectivity index (χ3n) is 4.33. The number of halogens is 1. The first-order chi connectivity index (χ1) is 11.1. The van der Waals surface area contributed by atoms with Crippen molar-refractivity contribution in [1.82, 2.24) is 9.55 Å². The highest BCUT2D eigenvalue weighted by Gasteiger charge is 2.22. The molecule has 0 saturated carbocycles. The van der Waals surface area contributed by atoms with Crippen LogP contribution in [-0.4, -0.2) is 14.7 Å². The Morgan fingerprint density at radius 1 is 1.35 bits per heavy atom. The lowest BCUT2D eigenvalue weighted by molar-refractivity contribution is 0.150. The number of aryl methyl sites for hydroxylation is 2. The Morgan fingerprint density at radius 3 is 3.00 bits per heavy atom. The van der Waals surface area contributed by atoms with Gasteiger partial charge < -0.3 is 5.11 Å². The molecule has 2 heterocycles. The van der Waals surface area contributed by atoms with E-state index in [0.717, 1.165) is 29.7 Å². The molecular weight excluding hydrogens is 315 g/mol. The zero-order valence-electron chi connectivity index (χ0n) is 12.3. The smallest absolute Gasteiger partial charge is 0.262 e. The van der Waals surface area contributed by atoms with Gasteiger partial charge in [0.2, 0.25) is 0 Å². The van der Waals surface area contributed by atoms with Gasteiger partial charge in [-0.1, -0.05) is 18.2 Å². The van der Waals surface area contributed by atoms with E-state index in [-0.39, 0.29) is 17.7 Å². The molecule has 4 nitrogen and oxygen atoms in total. The number of thiophene rings is 1. The molecule has 3 aromatic rings. The number of nitrogens with zero attached hydrogens (tertiary/aromatic N) is 2. The monoisotopic (exact) mass is 330 g/mol. The summed E-state index contributed by atoms with van der Waals surface area (Å²) in [5.41, 5.74) is 1.15. The molecule has 23 heavy (non-hydrogen) atoms. The zero-order chi connectivity index (χ0) is 16.0. The van der Waals surface area contributed by atoms with Gasteiger partial charge in [0.1, 0.15) is 10.6 Å². The van der Waals surface area contributed by atoms with Gasteiger partial charge in [0, 0.05) is 10.4 Å². The summed E-state index contributed by atoms with van der Waals surface area (Å²) in [6.07, 6.45) is 3.35. The number of aliphatic hydroxyl groups is 1. The van der Waals surface area contributed by atoms with Crippen LogP contribution in [0.5, 0.6) is 0 Å². The normalized spacial score (nSPS) is 15.0. The molecule has 0 spiro atoms. The molecule has 1 aromatic carbocycles. The molecule has 1 N–H and O–H groups in total. The maximum Gasteiger partial charge on any atom is 0.262 e. The third-order valence-corrected chi connectivity index (χ3v) is 5.53. The van der Waals surface area contributed by atoms with E-state index in [0.29, 0.717) is 5.39 Å². The Hall–Kier alpha value is -2.05. The highest BCUT2D eigenvalue weighted by molar-refractivity contribution is 7.18. The van der Waals surface area contributed by atoms with Crippen molar-refractivity contribution >= 4 is 21.6 Å². The molecule has 118 valence electrons. The molecule has 0 saturated heterocycles. The van der Waals surface area contributed by atoms with Gasteiger partial charge in [-0.2, -0.15) is 0 Å². The van der Waals surface area contributed by atoms with Crippen LogP contribution in [0.4, 0.5) is 4.39 Å². The van der Waals surface area contributed by atoms with Crippen LogP contribution in [0.3, 0.4) is 0 Å². The summed E-state index contributed by atoms with van der Waals surface area (Å²) >= 11 is 1.58. The van der Waals surface area contributed by atoms with Crippen LogP contribution in [0.25, 0.3) is 10.2 Å². The molecule has 0 aliphatic heterocycles. The van der Waals surface area contributed by atoms with Crippen LogP contribution >= 0.6 is 11.3 Å². The minimum absolute atomic E-state index is 0.00662. The van der Waals surface area contributed by atoms with E-state index >= 15 is 0 Å². The highest BCUT2D eigenvalue weighted by Crippen LogP contribution is 2.34. The van der Waals surface area contributed by atoms with Gasteiger partial charge in [-0.25, -0.2) is 9.37 Å². The van der Waals surface area contributed by atoms with Crippen molar-refractivity contribution < 1.29 is 9.50 Å². The Morgan fingerprint density at radius 2 is 2.17 bits per heavy atom. The minimum Gasteiger partial charge on any atom is -0.386 e. The van der Waals surface area contributed by atoms with Crippen molar-refractivity contribution in [2.45, 2.75) is 31.9 Å². The Kier molecular flexibility index (Phi) is 3.50. The maximum absolute atomic E-state index is 13.8. The first kappa shape index (κ1) is 14.5. The van der Waals surface area contributed by atoms with Crippen molar-refractivity contribution in [3.63, 3.8) is 0 Å². The Balaban J connectivity index is 1.74. The van der Waals surface area contributed by atoms with E-state index in [1.807, 2.05) is 0 Å². The standard InChI is InChI=1S/C17H15FN2O2S/c18-12-6-2-1-4-10(12)13(21)8-20-9-19-16-15(17(20)22)11-5-3-7-14(11)23-16/h1-2,4,6,9,13,21H,3,5,7-8H2. The summed E-state index contributed by atoms with van der Waals surface area (Å²) in [7, 11) is 0. The van der Waals surface area contributed by atoms with Crippen LogP contribution in [0, 0.1) is 5.82 Å². The average molecular weight is 330 g/mol. The molecule has 0 amide bonds.